The zero-order valence-electron chi connectivity index (χ0n) is 11.9. The van der Waals surface area contributed by atoms with Crippen LogP contribution in [0.15, 0.2) is 41.3 Å². The maximum atomic E-state index is 12.7. The van der Waals surface area contributed by atoms with E-state index in [1.165, 1.54) is 0 Å². The maximum Gasteiger partial charge on any atom is 0.226 e. The minimum Gasteiger partial charge on any atom is -0.469 e. The van der Waals surface area contributed by atoms with Crippen molar-refractivity contribution in [1.29, 1.82) is 0 Å². The number of likely N-dealkylation sites (tertiary alicyclic amines) is 1. The number of nitrogens with zero attached hydrogens (tertiary/aromatic N) is 3. The number of carbonyl (C=O) groups is 1. The van der Waals surface area contributed by atoms with Crippen LogP contribution in [0.1, 0.15) is 30.9 Å². The first-order valence-corrected chi connectivity index (χ1v) is 7.64. The second-order valence-corrected chi connectivity index (χ2v) is 6.02. The average Bonchev–Trinajstić information content (AvgIpc) is 2.99. The summed E-state index contributed by atoms with van der Waals surface area (Å²) in [6.45, 7) is 1.68. The molecule has 0 unspecified atom stereocenters. The molecular formula is C16H19N3O2. The number of hydrogen-bond acceptors (Lipinski definition) is 3. The van der Waals surface area contributed by atoms with Crippen molar-refractivity contribution in [3.8, 4) is 0 Å². The van der Waals surface area contributed by atoms with Crippen molar-refractivity contribution >= 4 is 5.91 Å². The van der Waals surface area contributed by atoms with Crippen LogP contribution in [-0.2, 0) is 11.3 Å². The van der Waals surface area contributed by atoms with E-state index in [0.29, 0.717) is 11.8 Å². The molecule has 110 valence electrons. The third kappa shape index (κ3) is 2.37. The first-order valence-electron chi connectivity index (χ1n) is 7.64. The van der Waals surface area contributed by atoms with E-state index in [-0.39, 0.29) is 12.0 Å². The molecule has 0 bridgehead atoms. The molecule has 1 aliphatic carbocycles. The minimum atomic E-state index is 0.120. The van der Waals surface area contributed by atoms with Crippen LogP contribution in [-0.4, -0.2) is 33.2 Å². The van der Waals surface area contributed by atoms with E-state index in [2.05, 4.69) is 10.00 Å². The lowest BCUT2D eigenvalue weighted by Gasteiger charge is -2.25. The van der Waals surface area contributed by atoms with Crippen LogP contribution in [0.5, 0.6) is 0 Å². The summed E-state index contributed by atoms with van der Waals surface area (Å²) in [6, 6.07) is 6.08. The van der Waals surface area contributed by atoms with Gasteiger partial charge in [-0.15, -0.1) is 0 Å². The second kappa shape index (κ2) is 5.06. The van der Waals surface area contributed by atoms with Gasteiger partial charge in [0.1, 0.15) is 5.76 Å². The Morgan fingerprint density at radius 2 is 2.38 bits per heavy atom. The molecule has 2 fully saturated rings. The predicted molar refractivity (Wildman–Crippen MR) is 76.5 cm³/mol. The summed E-state index contributed by atoms with van der Waals surface area (Å²) in [5, 5.41) is 4.25. The lowest BCUT2D eigenvalue weighted by molar-refractivity contribution is -0.133. The standard InChI is InChI=1S/C16H19N3O2/c20-16(14-10-13(14)15-5-2-9-21-15)19-8-1-4-12(19)11-18-7-3-6-17-18/h2-3,5-7,9,12-14H,1,4,8,10-11H2/t12-,13-,14+/m0/s1. The summed E-state index contributed by atoms with van der Waals surface area (Å²) in [6.07, 6.45) is 8.53. The summed E-state index contributed by atoms with van der Waals surface area (Å²) in [7, 11) is 0. The van der Waals surface area contributed by atoms with Crippen molar-refractivity contribution < 1.29 is 9.21 Å². The molecule has 1 amide bonds. The second-order valence-electron chi connectivity index (χ2n) is 6.02. The Labute approximate surface area is 123 Å². The summed E-state index contributed by atoms with van der Waals surface area (Å²) in [5.74, 6) is 1.66. The topological polar surface area (TPSA) is 51.3 Å². The van der Waals surface area contributed by atoms with Crippen molar-refractivity contribution in [3.63, 3.8) is 0 Å². The van der Waals surface area contributed by atoms with Gasteiger partial charge in [-0.2, -0.15) is 5.10 Å². The Balaban J connectivity index is 1.42. The Hall–Kier alpha value is -2.04. The zero-order valence-corrected chi connectivity index (χ0v) is 11.9. The smallest absolute Gasteiger partial charge is 0.226 e. The monoisotopic (exact) mass is 285 g/mol. The molecule has 2 aromatic rings. The number of furan rings is 1. The highest BCUT2D eigenvalue weighted by atomic mass is 16.3. The van der Waals surface area contributed by atoms with Gasteiger partial charge >= 0.3 is 0 Å². The molecular weight excluding hydrogens is 266 g/mol. The molecule has 2 aromatic heterocycles. The van der Waals surface area contributed by atoms with Gasteiger partial charge in [-0.3, -0.25) is 9.48 Å². The number of rotatable bonds is 4. The predicted octanol–water partition coefficient (Wildman–Crippen LogP) is 2.27. The first kappa shape index (κ1) is 12.7. The van der Waals surface area contributed by atoms with Crippen LogP contribution >= 0.6 is 0 Å². The largest absolute Gasteiger partial charge is 0.469 e. The fourth-order valence-corrected chi connectivity index (χ4v) is 3.44. The van der Waals surface area contributed by atoms with Crippen LogP contribution in [0.2, 0.25) is 0 Å². The van der Waals surface area contributed by atoms with Gasteiger partial charge in [0.15, 0.2) is 0 Å². The van der Waals surface area contributed by atoms with Crippen LogP contribution in [0.3, 0.4) is 0 Å². The van der Waals surface area contributed by atoms with Crippen LogP contribution < -0.4 is 0 Å². The highest BCUT2D eigenvalue weighted by Crippen LogP contribution is 2.49. The number of aromatic nitrogens is 2. The summed E-state index contributed by atoms with van der Waals surface area (Å²) < 4.78 is 7.35. The molecule has 0 radical (unpaired) electrons. The lowest BCUT2D eigenvalue weighted by Crippen LogP contribution is -2.39. The highest BCUT2D eigenvalue weighted by Gasteiger charge is 2.49. The minimum absolute atomic E-state index is 0.120. The van der Waals surface area contributed by atoms with E-state index in [9.17, 15) is 4.79 Å². The summed E-state index contributed by atoms with van der Waals surface area (Å²) >= 11 is 0. The Morgan fingerprint density at radius 1 is 1.43 bits per heavy atom. The Morgan fingerprint density at radius 3 is 3.14 bits per heavy atom. The van der Waals surface area contributed by atoms with E-state index in [0.717, 1.165) is 38.1 Å². The molecule has 4 rings (SSSR count). The van der Waals surface area contributed by atoms with Crippen LogP contribution in [0.4, 0.5) is 0 Å². The molecule has 0 aromatic carbocycles. The molecule has 0 spiro atoms. The van der Waals surface area contributed by atoms with Crippen LogP contribution in [0, 0.1) is 5.92 Å². The lowest BCUT2D eigenvalue weighted by atomic mass is 10.2. The third-order valence-electron chi connectivity index (χ3n) is 4.63. The van der Waals surface area contributed by atoms with Gasteiger partial charge in [0.2, 0.25) is 5.91 Å². The van der Waals surface area contributed by atoms with E-state index >= 15 is 0 Å². The van der Waals surface area contributed by atoms with Gasteiger partial charge in [0.05, 0.1) is 18.8 Å². The van der Waals surface area contributed by atoms with Crippen molar-refractivity contribution in [1.82, 2.24) is 14.7 Å². The quantitative estimate of drug-likeness (QED) is 0.866. The first-order chi connectivity index (χ1) is 10.3. The van der Waals surface area contributed by atoms with Crippen molar-refractivity contribution in [3.05, 3.63) is 42.6 Å². The molecule has 3 heterocycles. The third-order valence-corrected chi connectivity index (χ3v) is 4.63. The number of carbonyl (C=O) groups excluding carboxylic acids is 1. The Kier molecular flexibility index (Phi) is 3.05. The Bertz CT molecular complexity index is 606. The molecule has 2 aliphatic rings. The van der Waals surface area contributed by atoms with E-state index < -0.39 is 0 Å². The van der Waals surface area contributed by atoms with Gasteiger partial charge in [-0.05, 0) is 37.5 Å². The van der Waals surface area contributed by atoms with Crippen molar-refractivity contribution in [2.75, 3.05) is 6.54 Å². The van der Waals surface area contributed by atoms with Gasteiger partial charge in [0, 0.05) is 30.8 Å². The van der Waals surface area contributed by atoms with Gasteiger partial charge in [-0.1, -0.05) is 0 Å². The summed E-state index contributed by atoms with van der Waals surface area (Å²) in [4.78, 5) is 14.8. The van der Waals surface area contributed by atoms with Crippen LogP contribution in [0.25, 0.3) is 0 Å². The molecule has 1 saturated heterocycles. The molecule has 5 heteroatoms. The van der Waals surface area contributed by atoms with E-state index in [4.69, 9.17) is 4.42 Å². The van der Waals surface area contributed by atoms with Gasteiger partial charge in [0.25, 0.3) is 0 Å². The van der Waals surface area contributed by atoms with Gasteiger partial charge < -0.3 is 9.32 Å². The normalized spacial score (nSPS) is 28.0. The highest BCUT2D eigenvalue weighted by molar-refractivity contribution is 5.83. The fourth-order valence-electron chi connectivity index (χ4n) is 3.44. The fraction of sp³-hybridized carbons (Fsp3) is 0.500. The number of hydrogen-bond donors (Lipinski definition) is 0. The molecule has 1 saturated carbocycles. The zero-order chi connectivity index (χ0) is 14.2. The van der Waals surface area contributed by atoms with E-state index in [1.54, 1.807) is 12.5 Å². The molecule has 1 aliphatic heterocycles. The number of amides is 1. The van der Waals surface area contributed by atoms with Gasteiger partial charge in [-0.25, -0.2) is 0 Å². The molecule has 3 atom stereocenters. The van der Waals surface area contributed by atoms with Crippen molar-refractivity contribution in [2.24, 2.45) is 5.92 Å². The summed E-state index contributed by atoms with van der Waals surface area (Å²) in [5.41, 5.74) is 0. The average molecular weight is 285 g/mol. The van der Waals surface area contributed by atoms with E-state index in [1.807, 2.05) is 29.1 Å². The molecule has 5 nitrogen and oxygen atoms in total. The molecule has 0 N–H and O–H groups in total. The maximum absolute atomic E-state index is 12.7. The molecule has 21 heavy (non-hydrogen) atoms. The van der Waals surface area contributed by atoms with Crippen molar-refractivity contribution in [2.45, 2.75) is 37.8 Å². The SMILES string of the molecule is O=C([C@@H]1C[C@@H]1c1ccco1)N1CCC[C@H]1Cn1cccn1.